The van der Waals surface area contributed by atoms with Gasteiger partial charge in [0.05, 0.1) is 5.92 Å². The first-order chi connectivity index (χ1) is 12.8. The molecule has 1 amide bonds. The number of unbranched alkanes of at least 4 members (excludes halogenated alkanes) is 1. The second-order valence-electron chi connectivity index (χ2n) is 7.23. The maximum Gasteiger partial charge on any atom is 0.224 e. The Kier molecular flexibility index (Phi) is 6.78. The molecular weight excluding hydrogens is 322 g/mol. The zero-order chi connectivity index (χ0) is 18.2. The number of nitrogens with one attached hydrogen (secondary N) is 1. The number of hydrogen-bond acceptors (Lipinski definition) is 3. The predicted octanol–water partition coefficient (Wildman–Crippen LogP) is 3.60. The fourth-order valence-electron chi connectivity index (χ4n) is 3.75. The molecule has 4 heteroatoms. The van der Waals surface area contributed by atoms with Crippen LogP contribution in [0.25, 0.3) is 0 Å². The Labute approximate surface area is 156 Å². The molecule has 2 aromatic rings. The molecule has 4 nitrogen and oxygen atoms in total. The van der Waals surface area contributed by atoms with E-state index < -0.39 is 0 Å². The van der Waals surface area contributed by atoms with Crippen LogP contribution in [0.3, 0.4) is 0 Å². The lowest BCUT2D eigenvalue weighted by molar-refractivity contribution is -0.127. The topological polar surface area (TPSA) is 45.2 Å². The molecule has 1 fully saturated rings. The van der Waals surface area contributed by atoms with Crippen molar-refractivity contribution in [3.8, 4) is 0 Å². The van der Waals surface area contributed by atoms with Crippen molar-refractivity contribution in [1.82, 2.24) is 15.2 Å². The summed E-state index contributed by atoms with van der Waals surface area (Å²) in [5.74, 6) is 0.634. The number of benzene rings is 1. The van der Waals surface area contributed by atoms with Crippen LogP contribution in [0.2, 0.25) is 0 Å². The van der Waals surface area contributed by atoms with Gasteiger partial charge in [-0.2, -0.15) is 0 Å². The van der Waals surface area contributed by atoms with Crippen molar-refractivity contribution in [1.29, 1.82) is 0 Å². The quantitative estimate of drug-likeness (QED) is 0.829. The van der Waals surface area contributed by atoms with Crippen LogP contribution >= 0.6 is 0 Å². The highest BCUT2D eigenvalue weighted by Crippen LogP contribution is 2.30. The average Bonchev–Trinajstić information content (AvgIpc) is 2.71. The lowest BCUT2D eigenvalue weighted by atomic mass is 9.84. The minimum Gasteiger partial charge on any atom is -0.352 e. The van der Waals surface area contributed by atoms with Crippen molar-refractivity contribution in [2.24, 2.45) is 5.92 Å². The number of nitrogens with zero attached hydrogens (tertiary/aromatic N) is 2. The van der Waals surface area contributed by atoms with Crippen molar-refractivity contribution in [3.05, 3.63) is 66.0 Å². The minimum atomic E-state index is 0.0440. The SMILES string of the molecule is CCCCN1CC(C(=O)NCc2cccnc2)CC(c2ccccc2)C1. The molecule has 0 aliphatic carbocycles. The van der Waals surface area contributed by atoms with E-state index in [1.165, 1.54) is 18.4 Å². The molecule has 138 valence electrons. The molecule has 1 aliphatic heterocycles. The van der Waals surface area contributed by atoms with Gasteiger partial charge in [-0.1, -0.05) is 49.7 Å². The first-order valence-corrected chi connectivity index (χ1v) is 9.70. The normalized spacial score (nSPS) is 20.7. The van der Waals surface area contributed by atoms with E-state index in [0.717, 1.165) is 31.6 Å². The van der Waals surface area contributed by atoms with Gasteiger partial charge in [0.1, 0.15) is 0 Å². The van der Waals surface area contributed by atoms with E-state index in [1.807, 2.05) is 18.3 Å². The van der Waals surface area contributed by atoms with Crippen LogP contribution < -0.4 is 5.32 Å². The van der Waals surface area contributed by atoms with E-state index in [9.17, 15) is 4.79 Å². The van der Waals surface area contributed by atoms with Gasteiger partial charge in [0.25, 0.3) is 0 Å². The smallest absolute Gasteiger partial charge is 0.224 e. The van der Waals surface area contributed by atoms with Crippen LogP contribution in [0, 0.1) is 5.92 Å². The molecule has 3 rings (SSSR count). The van der Waals surface area contributed by atoms with Crippen molar-refractivity contribution >= 4 is 5.91 Å². The summed E-state index contributed by atoms with van der Waals surface area (Å²) in [6, 6.07) is 14.5. The Bertz CT molecular complexity index is 674. The highest BCUT2D eigenvalue weighted by molar-refractivity contribution is 5.79. The molecule has 0 radical (unpaired) electrons. The minimum absolute atomic E-state index is 0.0440. The zero-order valence-electron chi connectivity index (χ0n) is 15.6. The van der Waals surface area contributed by atoms with Crippen molar-refractivity contribution in [3.63, 3.8) is 0 Å². The number of carbonyl (C=O) groups is 1. The molecule has 26 heavy (non-hydrogen) atoms. The van der Waals surface area contributed by atoms with Crippen LogP contribution in [0.5, 0.6) is 0 Å². The predicted molar refractivity (Wildman–Crippen MR) is 105 cm³/mol. The van der Waals surface area contributed by atoms with Gasteiger partial charge >= 0.3 is 0 Å². The largest absolute Gasteiger partial charge is 0.352 e. The number of rotatable bonds is 7. The Hall–Kier alpha value is -2.20. The van der Waals surface area contributed by atoms with Crippen LogP contribution in [-0.2, 0) is 11.3 Å². The number of hydrogen-bond donors (Lipinski definition) is 1. The third kappa shape index (κ3) is 5.15. The molecule has 2 atom stereocenters. The summed E-state index contributed by atoms with van der Waals surface area (Å²) in [5.41, 5.74) is 2.39. The number of carbonyl (C=O) groups excluding carboxylic acids is 1. The summed E-state index contributed by atoms with van der Waals surface area (Å²) in [7, 11) is 0. The molecule has 1 saturated heterocycles. The zero-order valence-corrected chi connectivity index (χ0v) is 15.6. The van der Waals surface area contributed by atoms with Crippen LogP contribution in [0.4, 0.5) is 0 Å². The lowest BCUT2D eigenvalue weighted by Gasteiger charge is -2.37. The summed E-state index contributed by atoms with van der Waals surface area (Å²) >= 11 is 0. The highest BCUT2D eigenvalue weighted by Gasteiger charge is 2.31. The Morgan fingerprint density at radius 2 is 2.04 bits per heavy atom. The third-order valence-corrected chi connectivity index (χ3v) is 5.19. The standard InChI is InChI=1S/C22H29N3O/c1-2-3-12-25-16-20(19-9-5-4-6-10-19)13-21(17-25)22(26)24-15-18-8-7-11-23-14-18/h4-11,14,20-21H,2-3,12-13,15-17H2,1H3,(H,24,26). The van der Waals surface area contributed by atoms with Gasteiger partial charge in [-0.3, -0.25) is 9.78 Å². The van der Waals surface area contributed by atoms with E-state index in [4.69, 9.17) is 0 Å². The number of pyridine rings is 1. The Morgan fingerprint density at radius 3 is 2.77 bits per heavy atom. The average molecular weight is 351 g/mol. The van der Waals surface area contributed by atoms with Gasteiger partial charge in [0.2, 0.25) is 5.91 Å². The molecule has 1 N–H and O–H groups in total. The number of aromatic nitrogens is 1. The lowest BCUT2D eigenvalue weighted by Crippen LogP contribution is -2.45. The number of amides is 1. The second-order valence-corrected chi connectivity index (χ2v) is 7.23. The van der Waals surface area contributed by atoms with Gasteiger partial charge in [0, 0.05) is 32.0 Å². The molecule has 1 aliphatic rings. The van der Waals surface area contributed by atoms with E-state index in [-0.39, 0.29) is 11.8 Å². The highest BCUT2D eigenvalue weighted by atomic mass is 16.1. The summed E-state index contributed by atoms with van der Waals surface area (Å²) in [6.07, 6.45) is 6.85. The first-order valence-electron chi connectivity index (χ1n) is 9.70. The maximum atomic E-state index is 12.8. The summed E-state index contributed by atoms with van der Waals surface area (Å²) in [4.78, 5) is 19.4. The Balaban J connectivity index is 1.64. The van der Waals surface area contributed by atoms with E-state index in [0.29, 0.717) is 12.5 Å². The first kappa shape index (κ1) is 18.6. The van der Waals surface area contributed by atoms with Crippen LogP contribution in [0.1, 0.15) is 43.2 Å². The van der Waals surface area contributed by atoms with Gasteiger partial charge in [-0.05, 0) is 42.5 Å². The fraction of sp³-hybridized carbons (Fsp3) is 0.455. The van der Waals surface area contributed by atoms with Gasteiger partial charge < -0.3 is 10.2 Å². The Morgan fingerprint density at radius 1 is 1.19 bits per heavy atom. The molecule has 2 unspecified atom stereocenters. The number of piperidine rings is 1. The maximum absolute atomic E-state index is 12.8. The molecule has 0 spiro atoms. The summed E-state index contributed by atoms with van der Waals surface area (Å²) in [5, 5.41) is 3.11. The molecule has 0 saturated carbocycles. The monoisotopic (exact) mass is 351 g/mol. The molecular formula is C22H29N3O. The molecule has 1 aromatic heterocycles. The van der Waals surface area contributed by atoms with E-state index in [1.54, 1.807) is 6.20 Å². The van der Waals surface area contributed by atoms with Crippen molar-refractivity contribution < 1.29 is 4.79 Å². The van der Waals surface area contributed by atoms with Crippen molar-refractivity contribution in [2.45, 2.75) is 38.6 Å². The van der Waals surface area contributed by atoms with E-state index in [2.05, 4.69) is 52.5 Å². The molecule has 0 bridgehead atoms. The van der Waals surface area contributed by atoms with Gasteiger partial charge in [-0.15, -0.1) is 0 Å². The van der Waals surface area contributed by atoms with Crippen LogP contribution in [-0.4, -0.2) is 35.4 Å². The summed E-state index contributed by atoms with van der Waals surface area (Å²) < 4.78 is 0. The van der Waals surface area contributed by atoms with E-state index >= 15 is 0 Å². The fourth-order valence-corrected chi connectivity index (χ4v) is 3.75. The molecule has 1 aromatic carbocycles. The summed E-state index contributed by atoms with van der Waals surface area (Å²) in [6.45, 7) is 5.76. The van der Waals surface area contributed by atoms with Gasteiger partial charge in [0.15, 0.2) is 0 Å². The third-order valence-electron chi connectivity index (χ3n) is 5.19. The van der Waals surface area contributed by atoms with Gasteiger partial charge in [-0.25, -0.2) is 0 Å². The number of likely N-dealkylation sites (tertiary alicyclic amines) is 1. The second kappa shape index (κ2) is 9.48. The van der Waals surface area contributed by atoms with Crippen LogP contribution in [0.15, 0.2) is 54.9 Å². The molecule has 2 heterocycles. The van der Waals surface area contributed by atoms with Crippen molar-refractivity contribution in [2.75, 3.05) is 19.6 Å².